The van der Waals surface area contributed by atoms with Gasteiger partial charge in [0, 0.05) is 0 Å². The molecule has 10 nitrogen and oxygen atoms in total. The number of carboxylic acid groups (broad SMARTS) is 4. The molecule has 0 amide bonds. The van der Waals surface area contributed by atoms with Crippen molar-refractivity contribution in [1.82, 2.24) is 0 Å². The average molecular weight is 289 g/mol. The number of carbonyl (C=O) groups is 4. The van der Waals surface area contributed by atoms with Gasteiger partial charge in [0.25, 0.3) is 0 Å². The van der Waals surface area contributed by atoms with Crippen molar-refractivity contribution in [3.63, 3.8) is 0 Å². The second kappa shape index (κ2) is 12.8. The zero-order valence-electron chi connectivity index (χ0n) is 8.94. The quantitative estimate of drug-likeness (QED) is 0.171. The molecule has 11 heteroatoms. The summed E-state index contributed by atoms with van der Waals surface area (Å²) in [6.45, 7) is 0. The van der Waals surface area contributed by atoms with Crippen LogP contribution in [0.3, 0.4) is 0 Å². The normalized spacial score (nSPS) is 9.37. The van der Waals surface area contributed by atoms with Gasteiger partial charge in [-0.1, -0.05) is 5.16 Å². The number of carboxylic acids is 4. The van der Waals surface area contributed by atoms with Gasteiger partial charge >= 0.3 is 53.4 Å². The van der Waals surface area contributed by atoms with E-state index < -0.39 is 36.0 Å². The van der Waals surface area contributed by atoms with Crippen molar-refractivity contribution >= 4 is 59.1 Å². The van der Waals surface area contributed by atoms with Gasteiger partial charge in [-0.25, -0.2) is 4.79 Å². The first-order chi connectivity index (χ1) is 8.20. The van der Waals surface area contributed by atoms with E-state index in [4.69, 9.17) is 25.6 Å². The molecule has 5 N–H and O–H groups in total. The number of nitrogens with zero attached hydrogens (tertiary/aromatic N) is 1. The Morgan fingerprint density at radius 1 is 0.789 bits per heavy atom. The molecule has 0 aliphatic carbocycles. The molecule has 104 valence electrons. The average Bonchev–Trinajstić information content (AvgIpc) is 2.23. The summed E-state index contributed by atoms with van der Waals surface area (Å²) in [4.78, 5) is 39.0. The molecular formula is C8H12NNaO9. The first-order valence-corrected chi connectivity index (χ1v) is 4.30. The van der Waals surface area contributed by atoms with E-state index in [-0.39, 0.29) is 42.4 Å². The van der Waals surface area contributed by atoms with E-state index in [0.717, 1.165) is 0 Å². The predicted octanol–water partition coefficient (Wildman–Crippen LogP) is -1.34. The summed E-state index contributed by atoms with van der Waals surface area (Å²) >= 11 is 0. The van der Waals surface area contributed by atoms with Crippen LogP contribution >= 0.6 is 0 Å². The zero-order valence-corrected chi connectivity index (χ0v) is 8.94. The van der Waals surface area contributed by atoms with Crippen LogP contribution in [-0.4, -0.2) is 84.8 Å². The molecule has 0 fully saturated rings. The van der Waals surface area contributed by atoms with Crippen LogP contribution < -0.4 is 0 Å². The van der Waals surface area contributed by atoms with Crippen molar-refractivity contribution in [2.75, 3.05) is 0 Å². The topological polar surface area (TPSA) is 182 Å². The van der Waals surface area contributed by atoms with Gasteiger partial charge in [-0.05, 0) is 0 Å². The Hall–Kier alpha value is -1.65. The summed E-state index contributed by atoms with van der Waals surface area (Å²) in [6.07, 6.45) is -1.38. The Labute approximate surface area is 128 Å². The molecule has 0 aliphatic rings. The summed E-state index contributed by atoms with van der Waals surface area (Å²) in [6, 6.07) is 0. The summed E-state index contributed by atoms with van der Waals surface area (Å²) in [5.41, 5.74) is -0.785. The Bertz CT molecular complexity index is 351. The Balaban J connectivity index is -0.000000262. The fraction of sp³-hybridized carbons (Fsp3) is 0.375. The van der Waals surface area contributed by atoms with E-state index in [1.165, 1.54) is 0 Å². The van der Waals surface area contributed by atoms with Gasteiger partial charge in [0.15, 0.2) is 5.71 Å². The molecule has 19 heavy (non-hydrogen) atoms. The van der Waals surface area contributed by atoms with Gasteiger partial charge in [-0.2, -0.15) is 0 Å². The molecule has 0 aromatic rings. The van der Waals surface area contributed by atoms with Crippen molar-refractivity contribution in [2.45, 2.75) is 19.3 Å². The fourth-order valence-electron chi connectivity index (χ4n) is 0.511. The van der Waals surface area contributed by atoms with Gasteiger partial charge < -0.3 is 25.6 Å². The molecule has 0 rings (SSSR count). The summed E-state index contributed by atoms with van der Waals surface area (Å²) < 4.78 is 0. The summed E-state index contributed by atoms with van der Waals surface area (Å²) in [5.74, 6) is -5.04. The van der Waals surface area contributed by atoms with Crippen LogP contribution in [0.1, 0.15) is 19.3 Å². The molecule has 0 bridgehead atoms. The number of aliphatic carboxylic acids is 4. The summed E-state index contributed by atoms with van der Waals surface area (Å²) in [7, 11) is 0. The van der Waals surface area contributed by atoms with Crippen LogP contribution in [0, 0.1) is 0 Å². The molecule has 0 aromatic heterocycles. The van der Waals surface area contributed by atoms with Gasteiger partial charge in [0.05, 0.1) is 19.3 Å². The zero-order chi connectivity index (χ0) is 14.7. The van der Waals surface area contributed by atoms with E-state index in [0.29, 0.717) is 0 Å². The molecule has 0 aromatic carbocycles. The number of oxime groups is 1. The van der Waals surface area contributed by atoms with Gasteiger partial charge in [0.2, 0.25) is 0 Å². The van der Waals surface area contributed by atoms with Crippen LogP contribution in [0.25, 0.3) is 0 Å². The predicted molar refractivity (Wildman–Crippen MR) is 60.8 cm³/mol. The standard InChI is InChI=1S/C4H5NO5.C4H6O4.Na.H/c6-3(7)1-2(5-10)4(8)9;5-3(6)1-2-4(7)8;;/h10H,1H2,(H,6,7)(H,8,9);1-2H2,(H,5,6)(H,7,8);;. The van der Waals surface area contributed by atoms with E-state index in [1.807, 2.05) is 0 Å². The Morgan fingerprint density at radius 3 is 1.26 bits per heavy atom. The first kappa shape index (κ1) is 22.5. The van der Waals surface area contributed by atoms with Crippen molar-refractivity contribution in [2.24, 2.45) is 5.16 Å². The third-order valence-electron chi connectivity index (χ3n) is 1.24. The van der Waals surface area contributed by atoms with Crippen molar-refractivity contribution < 1.29 is 44.8 Å². The van der Waals surface area contributed by atoms with E-state index in [2.05, 4.69) is 5.16 Å². The third kappa shape index (κ3) is 18.9. The maximum atomic E-state index is 9.91. The minimum atomic E-state index is -1.54. The van der Waals surface area contributed by atoms with Crippen molar-refractivity contribution in [3.05, 3.63) is 0 Å². The van der Waals surface area contributed by atoms with E-state index in [1.54, 1.807) is 0 Å². The maximum absolute atomic E-state index is 9.91. The minimum absolute atomic E-state index is 0. The summed E-state index contributed by atoms with van der Waals surface area (Å²) in [5, 5.41) is 42.0. The van der Waals surface area contributed by atoms with E-state index >= 15 is 0 Å². The molecule has 0 radical (unpaired) electrons. The van der Waals surface area contributed by atoms with Crippen LogP contribution in [0.4, 0.5) is 0 Å². The molecule has 0 spiro atoms. The van der Waals surface area contributed by atoms with Crippen molar-refractivity contribution in [1.29, 1.82) is 0 Å². The number of hydrogen-bond acceptors (Lipinski definition) is 6. The van der Waals surface area contributed by atoms with Crippen LogP contribution in [0.15, 0.2) is 5.16 Å². The molecular weight excluding hydrogens is 277 g/mol. The van der Waals surface area contributed by atoms with Crippen LogP contribution in [0.2, 0.25) is 0 Å². The SMILES string of the molecule is O=C(O)CC(=NO)C(=O)O.O=C(O)CCC(=O)O.[NaH]. The first-order valence-electron chi connectivity index (χ1n) is 4.30. The second-order valence-electron chi connectivity index (χ2n) is 2.71. The van der Waals surface area contributed by atoms with Crippen LogP contribution in [-0.2, 0) is 19.2 Å². The number of hydrogen-bond donors (Lipinski definition) is 5. The van der Waals surface area contributed by atoms with Gasteiger partial charge in [0.1, 0.15) is 0 Å². The molecule has 0 heterocycles. The molecule has 0 aliphatic heterocycles. The third-order valence-corrected chi connectivity index (χ3v) is 1.24. The molecule has 0 unspecified atom stereocenters. The van der Waals surface area contributed by atoms with Gasteiger partial charge in [-0.3, -0.25) is 14.4 Å². The second-order valence-corrected chi connectivity index (χ2v) is 2.71. The van der Waals surface area contributed by atoms with E-state index in [9.17, 15) is 19.2 Å². The van der Waals surface area contributed by atoms with Crippen LogP contribution in [0.5, 0.6) is 0 Å². The van der Waals surface area contributed by atoms with Crippen molar-refractivity contribution in [3.8, 4) is 0 Å². The monoisotopic (exact) mass is 289 g/mol. The number of rotatable bonds is 6. The fourth-order valence-corrected chi connectivity index (χ4v) is 0.511. The Morgan fingerprint density at radius 2 is 1.16 bits per heavy atom. The van der Waals surface area contributed by atoms with Gasteiger partial charge in [-0.15, -0.1) is 0 Å². The molecule has 0 saturated heterocycles. The Kier molecular flexibility index (Phi) is 15.2. The molecule has 0 atom stereocenters. The molecule has 0 saturated carbocycles.